The molecule has 0 spiro atoms. The number of nitrogens with zero attached hydrogens (tertiary/aromatic N) is 4. The first-order valence-electron chi connectivity index (χ1n) is 10.1. The fraction of sp³-hybridized carbons (Fsp3) is 0.304. The average Bonchev–Trinajstić information content (AvgIpc) is 3.12. The molecule has 1 amide bonds. The summed E-state index contributed by atoms with van der Waals surface area (Å²) in [6.45, 7) is 5.29. The van der Waals surface area contributed by atoms with E-state index in [9.17, 15) is 19.1 Å². The fourth-order valence-electron chi connectivity index (χ4n) is 3.69. The van der Waals surface area contributed by atoms with Crippen LogP contribution >= 0.6 is 0 Å². The van der Waals surface area contributed by atoms with E-state index in [1.54, 1.807) is 57.4 Å². The minimum atomic E-state index is -1.12. The zero-order chi connectivity index (χ0) is 23.0. The first-order valence-corrected chi connectivity index (χ1v) is 10.1. The van der Waals surface area contributed by atoms with Crippen LogP contribution in [-0.2, 0) is 16.1 Å². The van der Waals surface area contributed by atoms with Gasteiger partial charge in [-0.2, -0.15) is 5.10 Å². The van der Waals surface area contributed by atoms with Gasteiger partial charge in [0, 0.05) is 23.5 Å². The molecule has 166 valence electrons. The minimum Gasteiger partial charge on any atom is -0.480 e. The van der Waals surface area contributed by atoms with Crippen LogP contribution in [0.2, 0.25) is 0 Å². The molecule has 0 saturated heterocycles. The summed E-state index contributed by atoms with van der Waals surface area (Å²) < 4.78 is 20.5. The van der Waals surface area contributed by atoms with Gasteiger partial charge in [0.25, 0.3) is 0 Å². The molecule has 32 heavy (non-hydrogen) atoms. The number of ether oxygens (including phenoxy) is 1. The van der Waals surface area contributed by atoms with Crippen LogP contribution in [0.25, 0.3) is 22.4 Å². The standard InChI is InChI=1S/C23H23FN4O4/c1-23(2,3)32-22(31)27-12-17-19(14-8-10-25-11-9-14)20(15-4-6-16(24)7-5-15)26-28(17)18(13-27)21(29)30/h4-11,18H,12-13H2,1-3H3,(H,29,30). The fourth-order valence-corrected chi connectivity index (χ4v) is 3.69. The van der Waals surface area contributed by atoms with Gasteiger partial charge in [0.2, 0.25) is 0 Å². The van der Waals surface area contributed by atoms with Gasteiger partial charge < -0.3 is 9.84 Å². The quantitative estimate of drug-likeness (QED) is 0.660. The van der Waals surface area contributed by atoms with Crippen molar-refractivity contribution in [3.8, 4) is 22.4 Å². The molecule has 8 nitrogen and oxygen atoms in total. The summed E-state index contributed by atoms with van der Waals surface area (Å²) in [5, 5.41) is 14.5. The molecule has 0 aliphatic carbocycles. The van der Waals surface area contributed by atoms with Gasteiger partial charge in [-0.3, -0.25) is 14.6 Å². The van der Waals surface area contributed by atoms with Crippen LogP contribution in [0.1, 0.15) is 32.5 Å². The van der Waals surface area contributed by atoms with Crippen LogP contribution in [0.3, 0.4) is 0 Å². The van der Waals surface area contributed by atoms with Crippen molar-refractivity contribution in [2.45, 2.75) is 39.0 Å². The van der Waals surface area contributed by atoms with E-state index in [-0.39, 0.29) is 18.9 Å². The molecular formula is C23H23FN4O4. The number of aromatic nitrogens is 3. The maximum Gasteiger partial charge on any atom is 0.410 e. The van der Waals surface area contributed by atoms with Gasteiger partial charge in [0.1, 0.15) is 17.1 Å². The van der Waals surface area contributed by atoms with Crippen molar-refractivity contribution in [2.75, 3.05) is 6.54 Å². The topological polar surface area (TPSA) is 97.5 Å². The smallest absolute Gasteiger partial charge is 0.410 e. The highest BCUT2D eigenvalue weighted by atomic mass is 19.1. The predicted molar refractivity (Wildman–Crippen MR) is 114 cm³/mol. The van der Waals surface area contributed by atoms with Crippen molar-refractivity contribution >= 4 is 12.1 Å². The highest BCUT2D eigenvalue weighted by Gasteiger charge is 2.38. The lowest BCUT2D eigenvalue weighted by molar-refractivity contribution is -0.142. The van der Waals surface area contributed by atoms with E-state index in [0.717, 1.165) is 5.56 Å². The molecule has 1 unspecified atom stereocenters. The summed E-state index contributed by atoms with van der Waals surface area (Å²) in [6.07, 6.45) is 2.65. The summed E-state index contributed by atoms with van der Waals surface area (Å²) in [5.41, 5.74) is 2.40. The number of hydrogen-bond acceptors (Lipinski definition) is 5. The summed E-state index contributed by atoms with van der Waals surface area (Å²) in [6, 6.07) is 8.31. The van der Waals surface area contributed by atoms with Gasteiger partial charge in [-0.1, -0.05) is 0 Å². The Bertz CT molecular complexity index is 1150. The number of amides is 1. The van der Waals surface area contributed by atoms with Crippen molar-refractivity contribution in [3.05, 3.63) is 60.3 Å². The molecule has 0 fully saturated rings. The van der Waals surface area contributed by atoms with Crippen molar-refractivity contribution in [1.29, 1.82) is 0 Å². The number of fused-ring (bicyclic) bond motifs is 1. The first kappa shape index (κ1) is 21.5. The predicted octanol–water partition coefficient (Wildman–Crippen LogP) is 4.13. The molecule has 1 aliphatic heterocycles. The third kappa shape index (κ3) is 4.18. The molecule has 0 radical (unpaired) electrons. The number of carboxylic acid groups (broad SMARTS) is 1. The van der Waals surface area contributed by atoms with E-state index in [2.05, 4.69) is 10.1 Å². The molecule has 0 saturated carbocycles. The largest absolute Gasteiger partial charge is 0.480 e. The van der Waals surface area contributed by atoms with Crippen LogP contribution in [0.15, 0.2) is 48.8 Å². The van der Waals surface area contributed by atoms with Gasteiger partial charge in [0.05, 0.1) is 18.8 Å². The summed E-state index contributed by atoms with van der Waals surface area (Å²) >= 11 is 0. The second-order valence-corrected chi connectivity index (χ2v) is 8.57. The van der Waals surface area contributed by atoms with Crippen LogP contribution in [-0.4, -0.2) is 49.0 Å². The lowest BCUT2D eigenvalue weighted by Gasteiger charge is -2.33. The lowest BCUT2D eigenvalue weighted by Crippen LogP contribution is -2.45. The van der Waals surface area contributed by atoms with Crippen molar-refractivity contribution in [2.24, 2.45) is 0 Å². The monoisotopic (exact) mass is 438 g/mol. The molecule has 9 heteroatoms. The normalized spacial score (nSPS) is 15.9. The highest BCUT2D eigenvalue weighted by molar-refractivity contribution is 5.84. The van der Waals surface area contributed by atoms with E-state index < -0.39 is 23.7 Å². The average molecular weight is 438 g/mol. The maximum absolute atomic E-state index is 13.5. The molecular weight excluding hydrogens is 415 g/mol. The number of aliphatic carboxylic acids is 1. The van der Waals surface area contributed by atoms with Crippen LogP contribution in [0.5, 0.6) is 0 Å². The lowest BCUT2D eigenvalue weighted by atomic mass is 9.98. The number of halogens is 1. The minimum absolute atomic E-state index is 0.0857. The number of carbonyl (C=O) groups is 2. The Hall–Kier alpha value is -3.75. The van der Waals surface area contributed by atoms with Crippen molar-refractivity contribution in [3.63, 3.8) is 0 Å². The summed E-state index contributed by atoms with van der Waals surface area (Å²) in [4.78, 5) is 30.3. The highest BCUT2D eigenvalue weighted by Crippen LogP contribution is 2.38. The number of rotatable bonds is 3. The molecule has 3 heterocycles. The Balaban J connectivity index is 1.88. The number of carboxylic acids is 1. The zero-order valence-electron chi connectivity index (χ0n) is 17.9. The molecule has 2 aromatic heterocycles. The third-order valence-electron chi connectivity index (χ3n) is 5.06. The zero-order valence-corrected chi connectivity index (χ0v) is 17.9. The maximum atomic E-state index is 13.5. The molecule has 4 rings (SSSR count). The van der Waals surface area contributed by atoms with Gasteiger partial charge in [-0.15, -0.1) is 0 Å². The first-order chi connectivity index (χ1) is 15.1. The van der Waals surface area contributed by atoms with E-state index in [4.69, 9.17) is 4.74 Å². The summed E-state index contributed by atoms with van der Waals surface area (Å²) in [5.74, 6) is -1.50. The Kier molecular flexibility index (Phi) is 5.41. The second-order valence-electron chi connectivity index (χ2n) is 8.57. The molecule has 0 bridgehead atoms. The van der Waals surface area contributed by atoms with Gasteiger partial charge in [-0.25, -0.2) is 14.0 Å². The molecule has 1 aliphatic rings. The SMILES string of the molecule is CC(C)(C)OC(=O)N1Cc2c(-c3ccncc3)c(-c3ccc(F)cc3)nn2C(C(=O)O)C1. The number of pyridine rings is 1. The molecule has 3 aromatic rings. The van der Waals surface area contributed by atoms with Crippen LogP contribution in [0.4, 0.5) is 9.18 Å². The summed E-state index contributed by atoms with van der Waals surface area (Å²) in [7, 11) is 0. The van der Waals surface area contributed by atoms with Crippen LogP contribution in [0, 0.1) is 5.82 Å². The Morgan fingerprint density at radius 1 is 1.09 bits per heavy atom. The number of benzene rings is 1. The molecule has 1 aromatic carbocycles. The van der Waals surface area contributed by atoms with E-state index in [1.165, 1.54) is 21.7 Å². The second kappa shape index (κ2) is 8.07. The molecule has 1 atom stereocenters. The van der Waals surface area contributed by atoms with Gasteiger partial charge >= 0.3 is 12.1 Å². The Morgan fingerprint density at radius 2 is 1.75 bits per heavy atom. The van der Waals surface area contributed by atoms with E-state index in [0.29, 0.717) is 22.5 Å². The number of carbonyl (C=O) groups excluding carboxylic acids is 1. The van der Waals surface area contributed by atoms with Gasteiger partial charge in [0.15, 0.2) is 6.04 Å². The Labute approximate surface area is 184 Å². The molecule has 1 N–H and O–H groups in total. The van der Waals surface area contributed by atoms with E-state index >= 15 is 0 Å². The third-order valence-corrected chi connectivity index (χ3v) is 5.06. The Morgan fingerprint density at radius 3 is 2.34 bits per heavy atom. The number of hydrogen-bond donors (Lipinski definition) is 1. The van der Waals surface area contributed by atoms with Crippen molar-refractivity contribution in [1.82, 2.24) is 19.7 Å². The van der Waals surface area contributed by atoms with Gasteiger partial charge in [-0.05, 0) is 62.7 Å². The van der Waals surface area contributed by atoms with Crippen LogP contribution < -0.4 is 0 Å². The van der Waals surface area contributed by atoms with Crippen molar-refractivity contribution < 1.29 is 23.8 Å². The van der Waals surface area contributed by atoms with E-state index in [1.807, 2.05) is 0 Å².